The lowest BCUT2D eigenvalue weighted by atomic mass is 10.1. The average Bonchev–Trinajstić information content (AvgIpc) is 2.47. The Morgan fingerprint density at radius 3 is 2.50 bits per heavy atom. The minimum atomic E-state index is -4.72. The van der Waals surface area contributed by atoms with Crippen molar-refractivity contribution in [1.29, 1.82) is 0 Å². The highest BCUT2D eigenvalue weighted by molar-refractivity contribution is 9.11. The summed E-state index contributed by atoms with van der Waals surface area (Å²) in [7, 11) is 0. The Balaban J connectivity index is 2.26. The van der Waals surface area contributed by atoms with Gasteiger partial charge in [0.1, 0.15) is 11.6 Å². The minimum absolute atomic E-state index is 0.0268. The molecule has 0 aliphatic carbocycles. The highest BCUT2D eigenvalue weighted by Crippen LogP contribution is 2.37. The lowest BCUT2D eigenvalue weighted by Crippen LogP contribution is -2.11. The van der Waals surface area contributed by atoms with Crippen LogP contribution in [-0.4, -0.2) is 15.1 Å². The Hall–Kier alpha value is -1.87. The van der Waals surface area contributed by atoms with Crippen LogP contribution in [-0.2, 0) is 6.18 Å². The molecule has 1 aromatic heterocycles. The molecular formula is C15H7Br2F3N2O2. The zero-order chi connectivity index (χ0) is 17.6. The van der Waals surface area contributed by atoms with Gasteiger partial charge in [0.15, 0.2) is 0 Å². The fraction of sp³-hybridized carbons (Fsp3) is 0.0667. The van der Waals surface area contributed by atoms with E-state index in [9.17, 15) is 23.1 Å². The Morgan fingerprint density at radius 1 is 1.12 bits per heavy atom. The summed E-state index contributed by atoms with van der Waals surface area (Å²) in [6.07, 6.45) is -4.72. The molecule has 0 saturated heterocycles. The van der Waals surface area contributed by atoms with Gasteiger partial charge >= 0.3 is 6.18 Å². The van der Waals surface area contributed by atoms with Crippen molar-refractivity contribution < 1.29 is 18.3 Å². The maximum absolute atomic E-state index is 12.9. The van der Waals surface area contributed by atoms with E-state index in [0.29, 0.717) is 14.5 Å². The average molecular weight is 464 g/mol. The molecule has 124 valence electrons. The fourth-order valence-corrected chi connectivity index (χ4v) is 3.53. The molecule has 0 bridgehead atoms. The molecule has 3 rings (SSSR count). The number of benzene rings is 2. The highest BCUT2D eigenvalue weighted by Gasteiger charge is 2.34. The van der Waals surface area contributed by atoms with Gasteiger partial charge in [0.05, 0.1) is 16.5 Å². The third-order valence-electron chi connectivity index (χ3n) is 3.30. The number of phenolic OH excluding ortho intramolecular Hbond substituents is 1. The van der Waals surface area contributed by atoms with E-state index in [1.807, 2.05) is 0 Å². The number of aromatic amines is 1. The summed E-state index contributed by atoms with van der Waals surface area (Å²) in [5, 5.41) is 9.68. The second-order valence-corrected chi connectivity index (χ2v) is 6.70. The largest absolute Gasteiger partial charge is 0.507 e. The first-order chi connectivity index (χ1) is 11.2. The highest BCUT2D eigenvalue weighted by atomic mass is 79.9. The zero-order valence-electron chi connectivity index (χ0n) is 11.6. The predicted molar refractivity (Wildman–Crippen MR) is 89.9 cm³/mol. The van der Waals surface area contributed by atoms with Crippen LogP contribution < -0.4 is 5.56 Å². The number of H-pyrrole nitrogens is 1. The molecule has 2 aromatic carbocycles. The number of hydrogen-bond acceptors (Lipinski definition) is 3. The van der Waals surface area contributed by atoms with Gasteiger partial charge in [-0.15, -0.1) is 0 Å². The SMILES string of the molecule is O=c1[nH]c(-c2ccc(O)c(C(F)(F)F)c2)nc2c(Br)cc(Br)cc12. The van der Waals surface area contributed by atoms with Crippen molar-refractivity contribution in [2.24, 2.45) is 0 Å². The Morgan fingerprint density at radius 2 is 1.83 bits per heavy atom. The molecule has 0 radical (unpaired) electrons. The van der Waals surface area contributed by atoms with E-state index in [2.05, 4.69) is 41.8 Å². The molecular weight excluding hydrogens is 457 g/mol. The van der Waals surface area contributed by atoms with Crippen LogP contribution in [0.25, 0.3) is 22.3 Å². The predicted octanol–water partition coefficient (Wildman–Crippen LogP) is 4.84. The van der Waals surface area contributed by atoms with E-state index in [1.165, 1.54) is 6.07 Å². The summed E-state index contributed by atoms with van der Waals surface area (Å²) in [6, 6.07) is 6.15. The molecule has 0 saturated carbocycles. The molecule has 9 heteroatoms. The second kappa shape index (κ2) is 5.89. The lowest BCUT2D eigenvalue weighted by molar-refractivity contribution is -0.138. The van der Waals surface area contributed by atoms with Gasteiger partial charge in [0.2, 0.25) is 0 Å². The van der Waals surface area contributed by atoms with Crippen molar-refractivity contribution in [1.82, 2.24) is 9.97 Å². The maximum Gasteiger partial charge on any atom is 0.419 e. The standard InChI is InChI=1S/C15H7Br2F3N2O2/c16-7-4-8-12(10(17)5-7)21-13(22-14(8)24)6-1-2-11(23)9(3-6)15(18,19)20/h1-5,23H,(H,21,22,24). The van der Waals surface area contributed by atoms with E-state index >= 15 is 0 Å². The van der Waals surface area contributed by atoms with E-state index < -0.39 is 23.0 Å². The first-order valence-corrected chi connectivity index (χ1v) is 8.05. The van der Waals surface area contributed by atoms with Crippen LogP contribution >= 0.6 is 31.9 Å². The first-order valence-electron chi connectivity index (χ1n) is 6.46. The summed E-state index contributed by atoms with van der Waals surface area (Å²) in [4.78, 5) is 18.9. The van der Waals surface area contributed by atoms with Gasteiger partial charge in [-0.2, -0.15) is 13.2 Å². The van der Waals surface area contributed by atoms with Crippen LogP contribution in [0.4, 0.5) is 13.2 Å². The van der Waals surface area contributed by atoms with Crippen LogP contribution in [0, 0.1) is 0 Å². The van der Waals surface area contributed by atoms with Crippen molar-refractivity contribution in [2.45, 2.75) is 6.18 Å². The number of hydrogen-bond donors (Lipinski definition) is 2. The van der Waals surface area contributed by atoms with Crippen LogP contribution in [0.3, 0.4) is 0 Å². The fourth-order valence-electron chi connectivity index (χ4n) is 2.21. The zero-order valence-corrected chi connectivity index (χ0v) is 14.8. The normalized spacial score (nSPS) is 11.9. The maximum atomic E-state index is 12.9. The third kappa shape index (κ3) is 3.05. The Bertz CT molecular complexity index is 1020. The molecule has 0 aliphatic heterocycles. The van der Waals surface area contributed by atoms with Crippen molar-refractivity contribution in [3.8, 4) is 17.1 Å². The van der Waals surface area contributed by atoms with Gasteiger partial charge in [-0.3, -0.25) is 4.79 Å². The number of nitrogens with zero attached hydrogens (tertiary/aromatic N) is 1. The molecule has 1 heterocycles. The van der Waals surface area contributed by atoms with Gasteiger partial charge in [0, 0.05) is 14.5 Å². The number of halogens is 5. The number of nitrogens with one attached hydrogen (secondary N) is 1. The molecule has 4 nitrogen and oxygen atoms in total. The minimum Gasteiger partial charge on any atom is -0.507 e. The number of phenols is 1. The van der Waals surface area contributed by atoms with Gasteiger partial charge in [-0.25, -0.2) is 4.98 Å². The van der Waals surface area contributed by atoms with Gasteiger partial charge < -0.3 is 10.1 Å². The summed E-state index contributed by atoms with van der Waals surface area (Å²) >= 11 is 6.54. The van der Waals surface area contributed by atoms with E-state index in [4.69, 9.17) is 0 Å². The molecule has 0 unspecified atom stereocenters. The smallest absolute Gasteiger partial charge is 0.419 e. The quantitative estimate of drug-likeness (QED) is 0.542. The molecule has 0 spiro atoms. The van der Waals surface area contributed by atoms with E-state index in [0.717, 1.165) is 12.1 Å². The molecule has 0 amide bonds. The topological polar surface area (TPSA) is 66.0 Å². The number of fused-ring (bicyclic) bond motifs is 1. The number of aromatic hydroxyl groups is 1. The number of rotatable bonds is 1. The summed E-state index contributed by atoms with van der Waals surface area (Å²) in [5.41, 5.74) is -1.33. The second-order valence-electron chi connectivity index (χ2n) is 4.93. The van der Waals surface area contributed by atoms with Crippen LogP contribution in [0.2, 0.25) is 0 Å². The van der Waals surface area contributed by atoms with Crippen molar-refractivity contribution >= 4 is 42.8 Å². The Labute approximate surface area is 149 Å². The van der Waals surface area contributed by atoms with Crippen molar-refractivity contribution in [2.75, 3.05) is 0 Å². The lowest BCUT2D eigenvalue weighted by Gasteiger charge is -2.11. The molecule has 24 heavy (non-hydrogen) atoms. The molecule has 3 aromatic rings. The van der Waals surface area contributed by atoms with Gasteiger partial charge in [-0.1, -0.05) is 15.9 Å². The van der Waals surface area contributed by atoms with Crippen LogP contribution in [0.1, 0.15) is 5.56 Å². The van der Waals surface area contributed by atoms with Crippen molar-refractivity contribution in [3.63, 3.8) is 0 Å². The molecule has 0 atom stereocenters. The monoisotopic (exact) mass is 462 g/mol. The van der Waals surface area contributed by atoms with Crippen LogP contribution in [0.5, 0.6) is 5.75 Å². The Kier molecular flexibility index (Phi) is 4.16. The summed E-state index contributed by atoms with van der Waals surface area (Å²) in [6.45, 7) is 0. The number of alkyl halides is 3. The molecule has 2 N–H and O–H groups in total. The van der Waals surface area contributed by atoms with E-state index in [-0.39, 0.29) is 16.8 Å². The van der Waals surface area contributed by atoms with E-state index in [1.54, 1.807) is 12.1 Å². The van der Waals surface area contributed by atoms with Crippen LogP contribution in [0.15, 0.2) is 44.1 Å². The van der Waals surface area contributed by atoms with Gasteiger partial charge in [-0.05, 0) is 46.3 Å². The van der Waals surface area contributed by atoms with Gasteiger partial charge in [0.25, 0.3) is 5.56 Å². The third-order valence-corrected chi connectivity index (χ3v) is 4.37. The first kappa shape index (κ1) is 17.0. The summed E-state index contributed by atoms with van der Waals surface area (Å²) in [5.74, 6) is -0.916. The van der Waals surface area contributed by atoms with Crippen molar-refractivity contribution in [3.05, 3.63) is 55.2 Å². The summed E-state index contributed by atoms with van der Waals surface area (Å²) < 4.78 is 39.9. The number of aromatic nitrogens is 2. The molecule has 0 fully saturated rings. The molecule has 0 aliphatic rings.